The largest absolute Gasteiger partial charge is 0.365 e. The van der Waals surface area contributed by atoms with Gasteiger partial charge in [-0.25, -0.2) is 0 Å². The van der Waals surface area contributed by atoms with E-state index < -0.39 is 24.7 Å². The van der Waals surface area contributed by atoms with Crippen molar-refractivity contribution in [3.8, 4) is 0 Å². The molecule has 1 aliphatic rings. The molecule has 0 aromatic carbocycles. The molecule has 76 valence electrons. The highest BCUT2D eigenvalue weighted by molar-refractivity contribution is 7.17. The van der Waals surface area contributed by atoms with Crippen molar-refractivity contribution in [2.75, 3.05) is 0 Å². The lowest BCUT2D eigenvalue weighted by Gasteiger charge is -2.64. The first-order valence-corrected chi connectivity index (χ1v) is 14.4. The second-order valence-electron chi connectivity index (χ2n) is 5.99. The fraction of sp³-hybridized carbons (Fsp3) is 0.778. The van der Waals surface area contributed by atoms with E-state index in [1.165, 1.54) is 0 Å². The Morgan fingerprint density at radius 2 is 1.54 bits per heavy atom. The van der Waals surface area contributed by atoms with Crippen LogP contribution >= 0.6 is 0 Å². The topological polar surface area (TPSA) is 3.24 Å². The van der Waals surface area contributed by atoms with Gasteiger partial charge in [0.05, 0.1) is 0 Å². The molecule has 1 aliphatic heterocycles. The first kappa shape index (κ1) is 11.4. The van der Waals surface area contributed by atoms with E-state index >= 15 is 0 Å². The Hall–Kier alpha value is 0.351. The van der Waals surface area contributed by atoms with Crippen LogP contribution in [0.3, 0.4) is 0 Å². The summed E-state index contributed by atoms with van der Waals surface area (Å²) in [7, 11) is -3.22. The van der Waals surface area contributed by atoms with Crippen LogP contribution in [0.1, 0.15) is 0 Å². The fourth-order valence-electron chi connectivity index (χ4n) is 3.60. The Bertz CT molecular complexity index is 219. The highest BCUT2D eigenvalue weighted by atomic mass is 28.5. The molecule has 0 unspecified atom stereocenters. The van der Waals surface area contributed by atoms with Crippen molar-refractivity contribution in [3.63, 3.8) is 0 Å². The molecule has 4 heteroatoms. The molecule has 1 rings (SSSR count). The van der Waals surface area contributed by atoms with Gasteiger partial charge < -0.3 is 3.90 Å². The van der Waals surface area contributed by atoms with Crippen LogP contribution in [0.15, 0.2) is 12.3 Å². The summed E-state index contributed by atoms with van der Waals surface area (Å²) in [4.78, 5) is 0. The molecular weight excluding hydrogens is 206 g/mol. The van der Waals surface area contributed by atoms with Crippen molar-refractivity contribution < 1.29 is 0 Å². The van der Waals surface area contributed by atoms with E-state index in [9.17, 15) is 0 Å². The van der Waals surface area contributed by atoms with Crippen LogP contribution in [-0.4, -0.2) is 28.6 Å². The van der Waals surface area contributed by atoms with E-state index in [1.807, 2.05) is 0 Å². The van der Waals surface area contributed by atoms with Gasteiger partial charge in [0.2, 0.25) is 0 Å². The fourth-order valence-corrected chi connectivity index (χ4v) is 33.8. The lowest BCUT2D eigenvalue weighted by molar-refractivity contribution is 0.832. The summed E-state index contributed by atoms with van der Waals surface area (Å²) in [6.45, 7) is 19.0. The zero-order chi connectivity index (χ0) is 10.5. The summed E-state index contributed by atoms with van der Waals surface area (Å²) in [6.07, 6.45) is 0. The summed E-state index contributed by atoms with van der Waals surface area (Å²) in [6, 6.07) is 0. The number of hydrogen-bond donors (Lipinski definition) is 0. The minimum absolute atomic E-state index is 0.986. The van der Waals surface area contributed by atoms with Gasteiger partial charge in [0, 0.05) is 0 Å². The normalized spacial score (nSPS) is 26.6. The minimum Gasteiger partial charge on any atom is -0.365 e. The lowest BCUT2D eigenvalue weighted by Crippen LogP contribution is -2.81. The van der Waals surface area contributed by atoms with Crippen LogP contribution in [0.4, 0.5) is 0 Å². The predicted octanol–water partition coefficient (Wildman–Crippen LogP) is 3.18. The van der Waals surface area contributed by atoms with Gasteiger partial charge in [-0.2, -0.15) is 0 Å². The van der Waals surface area contributed by atoms with Gasteiger partial charge >= 0.3 is 0 Å². The van der Waals surface area contributed by atoms with Crippen LogP contribution in [0.2, 0.25) is 44.9 Å². The molecule has 0 N–H and O–H groups in total. The molecule has 0 bridgehead atoms. The second kappa shape index (κ2) is 2.92. The third-order valence-corrected chi connectivity index (χ3v) is 25.4. The third kappa shape index (κ3) is 1.77. The molecule has 0 amide bonds. The van der Waals surface area contributed by atoms with Gasteiger partial charge in [-0.1, -0.05) is 45.0 Å². The molecule has 1 heterocycles. The quantitative estimate of drug-likeness (QED) is 0.658. The van der Waals surface area contributed by atoms with Crippen LogP contribution in [-0.2, 0) is 0 Å². The van der Waals surface area contributed by atoms with Gasteiger partial charge in [-0.3, -0.25) is 0 Å². The molecule has 0 spiro atoms. The van der Waals surface area contributed by atoms with Crippen molar-refractivity contribution in [2.45, 2.75) is 44.9 Å². The van der Waals surface area contributed by atoms with Crippen LogP contribution in [0.25, 0.3) is 0 Å². The molecular formula is C9H23NSi3. The van der Waals surface area contributed by atoms with Gasteiger partial charge in [0.15, 0.2) is 0 Å². The molecule has 13 heavy (non-hydrogen) atoms. The highest BCUT2D eigenvalue weighted by Crippen LogP contribution is 2.43. The Labute approximate surface area is 86.1 Å². The van der Waals surface area contributed by atoms with Crippen molar-refractivity contribution in [1.29, 1.82) is 0 Å². The summed E-state index contributed by atoms with van der Waals surface area (Å²) < 4.78 is 2.97. The molecule has 0 aliphatic carbocycles. The van der Waals surface area contributed by atoms with Crippen LogP contribution in [0, 0.1) is 0 Å². The predicted molar refractivity (Wildman–Crippen MR) is 69.3 cm³/mol. The smallest absolute Gasteiger partial charge is 0.133 e. The maximum atomic E-state index is 4.03. The summed E-state index contributed by atoms with van der Waals surface area (Å²) in [5, 5.41) is 0. The first-order chi connectivity index (χ1) is 5.63. The number of nitrogens with zero attached hydrogens (tertiary/aromatic N) is 1. The monoisotopic (exact) mass is 229 g/mol. The Kier molecular flexibility index (Phi) is 2.56. The molecule has 0 atom stereocenters. The van der Waals surface area contributed by atoms with Crippen molar-refractivity contribution in [3.05, 3.63) is 12.3 Å². The van der Waals surface area contributed by atoms with Crippen molar-refractivity contribution in [2.24, 2.45) is 0 Å². The Balaban J connectivity index is 2.95. The number of hydrogen-bond acceptors (Lipinski definition) is 1. The van der Waals surface area contributed by atoms with Gasteiger partial charge in [-0.15, -0.1) is 6.58 Å². The maximum absolute atomic E-state index is 4.03. The number of rotatable bonds is 2. The minimum atomic E-state index is -1.24. The molecule has 0 saturated carbocycles. The highest BCUT2D eigenvalue weighted by Gasteiger charge is 2.57. The zero-order valence-electron chi connectivity index (χ0n) is 9.94. The van der Waals surface area contributed by atoms with Gasteiger partial charge in [-0.05, 0) is 5.67 Å². The first-order valence-electron chi connectivity index (χ1n) is 5.07. The SMILES string of the molecule is C=C[Si](C)(C)N1[Si](C)(C)C[Si]1(C)C. The van der Waals surface area contributed by atoms with E-state index in [0.717, 1.165) is 0 Å². The van der Waals surface area contributed by atoms with Crippen LogP contribution < -0.4 is 0 Å². The summed E-state index contributed by atoms with van der Waals surface area (Å²) in [5.74, 6) is 0. The Morgan fingerprint density at radius 3 is 1.69 bits per heavy atom. The van der Waals surface area contributed by atoms with E-state index in [2.05, 4.69) is 55.5 Å². The van der Waals surface area contributed by atoms with E-state index in [0.29, 0.717) is 0 Å². The van der Waals surface area contributed by atoms with Crippen LogP contribution in [0.5, 0.6) is 0 Å². The standard InChI is InChI=1S/C9H23NSi3/c1-8-11(2,3)10-12(4,5)9-13(10,6)7/h8H,1,9H2,2-7H3. The van der Waals surface area contributed by atoms with Crippen molar-refractivity contribution in [1.82, 2.24) is 3.90 Å². The van der Waals surface area contributed by atoms with E-state index in [-0.39, 0.29) is 0 Å². The average molecular weight is 230 g/mol. The molecule has 1 nitrogen and oxygen atoms in total. The second-order valence-corrected chi connectivity index (χ2v) is 21.1. The van der Waals surface area contributed by atoms with E-state index in [1.54, 1.807) is 5.67 Å². The summed E-state index contributed by atoms with van der Waals surface area (Å²) in [5.41, 5.74) is 3.83. The van der Waals surface area contributed by atoms with Crippen molar-refractivity contribution >= 4 is 24.7 Å². The lowest BCUT2D eigenvalue weighted by atomic mass is 11.3. The molecule has 0 aromatic rings. The zero-order valence-corrected chi connectivity index (χ0v) is 12.9. The molecule has 0 aromatic heterocycles. The molecule has 1 saturated heterocycles. The maximum Gasteiger partial charge on any atom is 0.133 e. The van der Waals surface area contributed by atoms with Gasteiger partial charge in [0.25, 0.3) is 0 Å². The Morgan fingerprint density at radius 1 is 1.15 bits per heavy atom. The van der Waals surface area contributed by atoms with Gasteiger partial charge in [0.1, 0.15) is 24.7 Å². The third-order valence-electron chi connectivity index (χ3n) is 3.15. The average Bonchev–Trinajstić information content (AvgIpc) is 1.81. The molecule has 0 radical (unpaired) electrons. The van der Waals surface area contributed by atoms with E-state index in [4.69, 9.17) is 0 Å². The molecule has 1 fully saturated rings. The summed E-state index contributed by atoms with van der Waals surface area (Å²) >= 11 is 0.